The van der Waals surface area contributed by atoms with E-state index in [0.717, 1.165) is 11.5 Å². The van der Waals surface area contributed by atoms with Gasteiger partial charge >= 0.3 is 0 Å². The van der Waals surface area contributed by atoms with E-state index >= 15 is 0 Å². The van der Waals surface area contributed by atoms with Crippen molar-refractivity contribution in [3.05, 3.63) is 29.8 Å². The van der Waals surface area contributed by atoms with Gasteiger partial charge in [0.2, 0.25) is 5.13 Å². The second-order valence-electron chi connectivity index (χ2n) is 3.17. The van der Waals surface area contributed by atoms with Crippen LogP contribution in [-0.4, -0.2) is 20.2 Å². The van der Waals surface area contributed by atoms with Crippen LogP contribution in [0.1, 0.15) is 16.2 Å². The first-order chi connectivity index (χ1) is 8.20. The van der Waals surface area contributed by atoms with Crippen LogP contribution in [0.5, 0.6) is 0 Å². The van der Waals surface area contributed by atoms with Crippen LogP contribution in [0.15, 0.2) is 18.5 Å². The lowest BCUT2D eigenvalue weighted by Gasteiger charge is -2.06. The first-order valence-corrected chi connectivity index (χ1v) is 5.50. The zero-order valence-electron chi connectivity index (χ0n) is 8.97. The molecule has 4 N–H and O–H groups in total. The van der Waals surface area contributed by atoms with Crippen molar-refractivity contribution in [2.45, 2.75) is 6.92 Å². The monoisotopic (exact) mass is 250 g/mol. The summed E-state index contributed by atoms with van der Waals surface area (Å²) in [5, 5.41) is 3.09. The number of nitrogens with zero attached hydrogens (tertiary/aromatic N) is 3. The van der Waals surface area contributed by atoms with E-state index in [2.05, 4.69) is 25.1 Å². The van der Waals surface area contributed by atoms with Crippen LogP contribution in [0.2, 0.25) is 0 Å². The Kier molecular flexibility index (Phi) is 3.26. The molecule has 0 unspecified atom stereocenters. The van der Waals surface area contributed by atoms with E-state index < -0.39 is 0 Å². The number of carbonyl (C=O) groups is 1. The molecule has 7 nitrogen and oxygen atoms in total. The molecule has 2 aromatic heterocycles. The number of nitrogen functional groups attached to an aromatic ring is 1. The number of hydrogen-bond acceptors (Lipinski definition) is 7. The Bertz CT molecular complexity index is 540. The summed E-state index contributed by atoms with van der Waals surface area (Å²) in [6, 6.07) is 1.57. The molecule has 0 aliphatic rings. The fourth-order valence-corrected chi connectivity index (χ4v) is 1.79. The minimum atomic E-state index is -0.309. The van der Waals surface area contributed by atoms with Crippen LogP contribution < -0.4 is 16.6 Å². The molecule has 17 heavy (non-hydrogen) atoms. The molecule has 8 heteroatoms. The number of amides is 1. The molecule has 0 saturated carbocycles. The average Bonchev–Trinajstić information content (AvgIpc) is 2.74. The fourth-order valence-electron chi connectivity index (χ4n) is 1.22. The van der Waals surface area contributed by atoms with Gasteiger partial charge in [0, 0.05) is 17.7 Å². The Morgan fingerprint density at radius 3 is 3.00 bits per heavy atom. The molecule has 0 spiro atoms. The molecule has 0 aliphatic heterocycles. The Morgan fingerprint density at radius 1 is 1.53 bits per heavy atom. The summed E-state index contributed by atoms with van der Waals surface area (Å²) in [6.07, 6.45) is 2.99. The van der Waals surface area contributed by atoms with E-state index in [1.165, 1.54) is 12.4 Å². The molecule has 2 rings (SSSR count). The van der Waals surface area contributed by atoms with Crippen molar-refractivity contribution in [2.75, 3.05) is 10.7 Å². The maximum Gasteiger partial charge on any atom is 0.259 e. The van der Waals surface area contributed by atoms with Crippen molar-refractivity contribution < 1.29 is 4.79 Å². The van der Waals surface area contributed by atoms with Crippen LogP contribution in [0.4, 0.5) is 10.8 Å². The number of nitrogens with two attached hydrogens (primary N) is 1. The summed E-state index contributed by atoms with van der Waals surface area (Å²) < 4.78 is 3.97. The number of pyridine rings is 1. The van der Waals surface area contributed by atoms with Gasteiger partial charge in [0.05, 0.1) is 17.4 Å². The van der Waals surface area contributed by atoms with Crippen molar-refractivity contribution in [1.82, 2.24) is 14.3 Å². The van der Waals surface area contributed by atoms with Crippen molar-refractivity contribution in [3.63, 3.8) is 0 Å². The predicted molar refractivity (Wildman–Crippen MR) is 64.6 cm³/mol. The number of rotatable bonds is 3. The summed E-state index contributed by atoms with van der Waals surface area (Å²) >= 11 is 1.13. The van der Waals surface area contributed by atoms with Crippen LogP contribution in [0.25, 0.3) is 0 Å². The number of aryl methyl sites for hydroxylation is 1. The third kappa shape index (κ3) is 2.55. The van der Waals surface area contributed by atoms with Crippen molar-refractivity contribution in [1.29, 1.82) is 0 Å². The lowest BCUT2D eigenvalue weighted by Crippen LogP contribution is -2.17. The predicted octanol–water partition coefficient (Wildman–Crippen LogP) is 0.779. The molecule has 0 saturated heterocycles. The highest BCUT2D eigenvalue weighted by Gasteiger charge is 2.12. The second-order valence-corrected chi connectivity index (χ2v) is 3.92. The summed E-state index contributed by atoms with van der Waals surface area (Å²) in [5.74, 6) is 5.60. The van der Waals surface area contributed by atoms with Crippen LogP contribution >= 0.6 is 11.5 Å². The SMILES string of the molecule is Cc1nsc(NC(=O)c2ccncc2NN)n1. The van der Waals surface area contributed by atoms with Crippen molar-refractivity contribution in [2.24, 2.45) is 5.84 Å². The average molecular weight is 250 g/mol. The molecule has 0 radical (unpaired) electrons. The van der Waals surface area contributed by atoms with E-state index in [1.54, 1.807) is 13.0 Å². The number of aromatic nitrogens is 3. The highest BCUT2D eigenvalue weighted by molar-refractivity contribution is 7.09. The topological polar surface area (TPSA) is 106 Å². The minimum Gasteiger partial charge on any atom is -0.322 e. The molecule has 0 bridgehead atoms. The molecule has 0 atom stereocenters. The maximum absolute atomic E-state index is 11.9. The number of anilines is 2. The van der Waals surface area contributed by atoms with E-state index in [4.69, 9.17) is 5.84 Å². The number of carbonyl (C=O) groups excluding carboxylic acids is 1. The quantitative estimate of drug-likeness (QED) is 0.549. The standard InChI is InChI=1S/C9H10N6OS/c1-5-12-9(17-15-5)13-8(16)6-2-3-11-4-7(6)14-10/h2-4,14H,10H2,1H3,(H,12,13,15,16). The van der Waals surface area contributed by atoms with Crippen LogP contribution in [-0.2, 0) is 0 Å². The molecule has 0 fully saturated rings. The van der Waals surface area contributed by atoms with Gasteiger partial charge in [-0.1, -0.05) is 0 Å². The fraction of sp³-hybridized carbons (Fsp3) is 0.111. The maximum atomic E-state index is 11.9. The highest BCUT2D eigenvalue weighted by atomic mass is 32.1. The number of nitrogens with one attached hydrogen (secondary N) is 2. The first-order valence-electron chi connectivity index (χ1n) is 4.73. The van der Waals surface area contributed by atoms with E-state index in [1.807, 2.05) is 0 Å². The molecule has 88 valence electrons. The molecule has 1 amide bonds. The summed E-state index contributed by atoms with van der Waals surface area (Å²) in [5.41, 5.74) is 3.26. The zero-order chi connectivity index (χ0) is 12.3. The minimum absolute atomic E-state index is 0.309. The van der Waals surface area contributed by atoms with Crippen molar-refractivity contribution in [3.8, 4) is 0 Å². The Balaban J connectivity index is 2.20. The van der Waals surface area contributed by atoms with Gasteiger partial charge in [0.15, 0.2) is 0 Å². The Morgan fingerprint density at radius 2 is 2.35 bits per heavy atom. The molecule has 0 aliphatic carbocycles. The van der Waals surface area contributed by atoms with Crippen molar-refractivity contribution >= 4 is 28.3 Å². The number of hydrazine groups is 1. The summed E-state index contributed by atoms with van der Waals surface area (Å²) in [6.45, 7) is 1.76. The zero-order valence-corrected chi connectivity index (χ0v) is 9.78. The summed E-state index contributed by atoms with van der Waals surface area (Å²) in [4.78, 5) is 19.8. The molecule has 2 heterocycles. The van der Waals surface area contributed by atoms with Crippen LogP contribution in [0.3, 0.4) is 0 Å². The summed E-state index contributed by atoms with van der Waals surface area (Å²) in [7, 11) is 0. The smallest absolute Gasteiger partial charge is 0.259 e. The molecular weight excluding hydrogens is 240 g/mol. The van der Waals surface area contributed by atoms with E-state index in [-0.39, 0.29) is 5.91 Å². The third-order valence-electron chi connectivity index (χ3n) is 1.97. The molecular formula is C9H10N6OS. The van der Waals surface area contributed by atoms with Gasteiger partial charge in [-0.05, 0) is 13.0 Å². The molecule has 0 aromatic carbocycles. The highest BCUT2D eigenvalue weighted by Crippen LogP contribution is 2.16. The number of hydrogen-bond donors (Lipinski definition) is 3. The van der Waals surface area contributed by atoms with Crippen LogP contribution in [0, 0.1) is 6.92 Å². The van der Waals surface area contributed by atoms with Gasteiger partial charge in [-0.2, -0.15) is 4.37 Å². The lowest BCUT2D eigenvalue weighted by atomic mass is 10.2. The molecule has 2 aromatic rings. The third-order valence-corrected chi connectivity index (χ3v) is 2.69. The van der Waals surface area contributed by atoms with Gasteiger partial charge in [-0.25, -0.2) is 4.98 Å². The Hall–Kier alpha value is -2.06. The van der Waals surface area contributed by atoms with Gasteiger partial charge in [0.1, 0.15) is 5.82 Å². The van der Waals surface area contributed by atoms with Gasteiger partial charge < -0.3 is 5.43 Å². The lowest BCUT2D eigenvalue weighted by molar-refractivity contribution is 0.102. The van der Waals surface area contributed by atoms with Gasteiger partial charge in [0.25, 0.3) is 5.91 Å². The van der Waals surface area contributed by atoms with E-state index in [0.29, 0.717) is 22.2 Å². The van der Waals surface area contributed by atoms with Gasteiger partial charge in [-0.3, -0.25) is 20.9 Å². The van der Waals surface area contributed by atoms with E-state index in [9.17, 15) is 4.79 Å². The normalized spacial score (nSPS) is 10.0. The largest absolute Gasteiger partial charge is 0.322 e. The Labute approximate surface area is 101 Å². The second kappa shape index (κ2) is 4.85. The van der Waals surface area contributed by atoms with Gasteiger partial charge in [-0.15, -0.1) is 0 Å². The first kappa shape index (κ1) is 11.4.